The van der Waals surface area contributed by atoms with E-state index in [0.29, 0.717) is 22.8 Å². The Kier molecular flexibility index (Phi) is 4.70. The summed E-state index contributed by atoms with van der Waals surface area (Å²) >= 11 is 0. The monoisotopic (exact) mass is 374 g/mol. The summed E-state index contributed by atoms with van der Waals surface area (Å²) in [6, 6.07) is 17.6. The first kappa shape index (κ1) is 18.0. The van der Waals surface area contributed by atoms with Crippen LogP contribution >= 0.6 is 0 Å². The summed E-state index contributed by atoms with van der Waals surface area (Å²) < 4.78 is 24.9. The molecule has 28 heavy (non-hydrogen) atoms. The van der Waals surface area contributed by atoms with Crippen molar-refractivity contribution in [2.75, 3.05) is 0 Å². The Morgan fingerprint density at radius 2 is 1.82 bits per heavy atom. The van der Waals surface area contributed by atoms with Gasteiger partial charge in [-0.2, -0.15) is 0 Å². The van der Waals surface area contributed by atoms with Crippen LogP contribution in [0, 0.1) is 19.7 Å². The zero-order valence-corrected chi connectivity index (χ0v) is 15.7. The molecule has 3 aromatic rings. The molecule has 0 radical (unpaired) electrons. The summed E-state index contributed by atoms with van der Waals surface area (Å²) in [7, 11) is 0. The van der Waals surface area contributed by atoms with Gasteiger partial charge in [0.2, 0.25) is 5.78 Å². The van der Waals surface area contributed by atoms with Crippen molar-refractivity contribution in [2.24, 2.45) is 0 Å². The molecule has 4 rings (SSSR count). The van der Waals surface area contributed by atoms with Gasteiger partial charge in [0.1, 0.15) is 23.9 Å². The number of fused-ring (bicyclic) bond motifs is 1. The van der Waals surface area contributed by atoms with Crippen molar-refractivity contribution in [2.45, 2.75) is 20.5 Å². The molecule has 1 heterocycles. The van der Waals surface area contributed by atoms with Crippen LogP contribution in [0.5, 0.6) is 11.5 Å². The third-order valence-electron chi connectivity index (χ3n) is 4.71. The van der Waals surface area contributed by atoms with Crippen LogP contribution in [0.15, 0.2) is 66.4 Å². The van der Waals surface area contributed by atoms with E-state index in [-0.39, 0.29) is 18.2 Å². The molecule has 140 valence electrons. The van der Waals surface area contributed by atoms with Crippen molar-refractivity contribution >= 4 is 11.9 Å². The van der Waals surface area contributed by atoms with Gasteiger partial charge in [-0.25, -0.2) is 4.39 Å². The number of ether oxygens (including phenoxy) is 2. The largest absolute Gasteiger partial charge is 0.489 e. The van der Waals surface area contributed by atoms with E-state index in [2.05, 4.69) is 0 Å². The van der Waals surface area contributed by atoms with Crippen molar-refractivity contribution in [3.05, 3.63) is 100 Å². The van der Waals surface area contributed by atoms with Crippen molar-refractivity contribution in [3.8, 4) is 11.5 Å². The van der Waals surface area contributed by atoms with Crippen molar-refractivity contribution in [3.63, 3.8) is 0 Å². The minimum atomic E-state index is -0.300. The van der Waals surface area contributed by atoms with Gasteiger partial charge in [0.25, 0.3) is 0 Å². The third-order valence-corrected chi connectivity index (χ3v) is 4.71. The van der Waals surface area contributed by atoms with E-state index in [1.54, 1.807) is 30.3 Å². The second kappa shape index (κ2) is 7.31. The molecule has 0 saturated heterocycles. The van der Waals surface area contributed by atoms with E-state index in [4.69, 9.17) is 9.47 Å². The lowest BCUT2D eigenvalue weighted by Gasteiger charge is -2.09. The average Bonchev–Trinajstić information content (AvgIpc) is 2.98. The molecule has 1 aliphatic rings. The zero-order chi connectivity index (χ0) is 19.7. The summed E-state index contributed by atoms with van der Waals surface area (Å²) in [5.74, 6) is 0.929. The average molecular weight is 374 g/mol. The minimum Gasteiger partial charge on any atom is -0.489 e. The quantitative estimate of drug-likeness (QED) is 0.555. The van der Waals surface area contributed by atoms with Crippen LogP contribution in [-0.2, 0) is 6.61 Å². The van der Waals surface area contributed by atoms with Gasteiger partial charge in [-0.3, -0.25) is 4.79 Å². The Morgan fingerprint density at radius 1 is 1.00 bits per heavy atom. The Morgan fingerprint density at radius 3 is 2.61 bits per heavy atom. The van der Waals surface area contributed by atoms with Crippen LogP contribution < -0.4 is 9.47 Å². The first-order valence-corrected chi connectivity index (χ1v) is 9.03. The highest BCUT2D eigenvalue weighted by Gasteiger charge is 2.30. The van der Waals surface area contributed by atoms with Crippen LogP contribution in [0.4, 0.5) is 4.39 Å². The number of ketones is 1. The molecule has 0 amide bonds. The van der Waals surface area contributed by atoms with E-state index in [1.165, 1.54) is 12.1 Å². The lowest BCUT2D eigenvalue weighted by atomic mass is 10.0. The number of Topliss-reactive ketones (excluding diaryl/α,β-unsaturated/α-hetero) is 1. The van der Waals surface area contributed by atoms with E-state index < -0.39 is 0 Å². The molecular weight excluding hydrogens is 355 g/mol. The molecule has 0 aliphatic carbocycles. The molecule has 3 aromatic carbocycles. The number of allylic oxidation sites excluding steroid dienone is 1. The van der Waals surface area contributed by atoms with Gasteiger partial charge in [-0.1, -0.05) is 36.4 Å². The molecule has 0 atom stereocenters. The lowest BCUT2D eigenvalue weighted by Crippen LogP contribution is -2.00. The SMILES string of the molecule is Cc1ccccc1/C=C1\Oc2cc(OCc3cccc(F)c3)cc(C)c2C1=O. The zero-order valence-electron chi connectivity index (χ0n) is 15.7. The standard InChI is InChI=1S/C24H19FO3/c1-15-6-3-4-8-18(15)12-22-24(26)23-16(2)10-20(13-21(23)28-22)27-14-17-7-5-9-19(25)11-17/h3-13H,14H2,1-2H3/b22-12-. The predicted octanol–water partition coefficient (Wildman–Crippen LogP) is 5.64. The Labute approximate surface area is 163 Å². The number of hydrogen-bond acceptors (Lipinski definition) is 3. The summed E-state index contributed by atoms with van der Waals surface area (Å²) in [5, 5.41) is 0. The van der Waals surface area contributed by atoms with Gasteiger partial charge < -0.3 is 9.47 Å². The maximum atomic E-state index is 13.3. The van der Waals surface area contributed by atoms with Crippen molar-refractivity contribution < 1.29 is 18.7 Å². The Hall–Kier alpha value is -3.40. The summed E-state index contributed by atoms with van der Waals surface area (Å²) in [6.45, 7) is 4.07. The number of aryl methyl sites for hydroxylation is 2. The van der Waals surface area contributed by atoms with Gasteiger partial charge in [-0.15, -0.1) is 0 Å². The minimum absolute atomic E-state index is 0.132. The smallest absolute Gasteiger partial charge is 0.232 e. The summed E-state index contributed by atoms with van der Waals surface area (Å²) in [6.07, 6.45) is 1.77. The number of rotatable bonds is 4. The fourth-order valence-corrected chi connectivity index (χ4v) is 3.24. The second-order valence-corrected chi connectivity index (χ2v) is 6.83. The summed E-state index contributed by atoms with van der Waals surface area (Å²) in [4.78, 5) is 12.8. The molecule has 0 saturated carbocycles. The van der Waals surface area contributed by atoms with Gasteiger partial charge in [0.15, 0.2) is 5.76 Å². The molecule has 0 unspecified atom stereocenters. The number of carbonyl (C=O) groups excluding carboxylic acids is 1. The number of halogens is 1. The maximum Gasteiger partial charge on any atom is 0.232 e. The van der Waals surface area contributed by atoms with E-state index in [0.717, 1.165) is 22.3 Å². The molecule has 1 aliphatic heterocycles. The molecule has 3 nitrogen and oxygen atoms in total. The molecule has 4 heteroatoms. The Bertz CT molecular complexity index is 1100. The van der Waals surface area contributed by atoms with Crippen LogP contribution in [0.3, 0.4) is 0 Å². The molecule has 0 N–H and O–H groups in total. The van der Waals surface area contributed by atoms with E-state index >= 15 is 0 Å². The second-order valence-electron chi connectivity index (χ2n) is 6.83. The first-order chi connectivity index (χ1) is 13.5. The van der Waals surface area contributed by atoms with E-state index in [1.807, 2.05) is 38.1 Å². The maximum absolute atomic E-state index is 13.3. The van der Waals surface area contributed by atoms with Crippen LogP contribution in [0.1, 0.15) is 32.6 Å². The van der Waals surface area contributed by atoms with Crippen LogP contribution in [0.2, 0.25) is 0 Å². The Balaban J connectivity index is 1.58. The normalized spacial score (nSPS) is 14.1. The highest BCUT2D eigenvalue weighted by molar-refractivity contribution is 6.15. The number of carbonyl (C=O) groups is 1. The molecule has 0 spiro atoms. The van der Waals surface area contributed by atoms with Crippen LogP contribution in [-0.4, -0.2) is 5.78 Å². The van der Waals surface area contributed by atoms with Crippen LogP contribution in [0.25, 0.3) is 6.08 Å². The first-order valence-electron chi connectivity index (χ1n) is 9.03. The summed E-state index contributed by atoms with van der Waals surface area (Å²) in [5.41, 5.74) is 4.08. The molecule has 0 aromatic heterocycles. The highest BCUT2D eigenvalue weighted by atomic mass is 19.1. The predicted molar refractivity (Wildman–Crippen MR) is 106 cm³/mol. The number of hydrogen-bond donors (Lipinski definition) is 0. The van der Waals surface area contributed by atoms with Gasteiger partial charge in [0, 0.05) is 6.07 Å². The fraction of sp³-hybridized carbons (Fsp3) is 0.125. The third kappa shape index (κ3) is 3.54. The highest BCUT2D eigenvalue weighted by Crippen LogP contribution is 2.37. The number of benzene rings is 3. The molecule has 0 bridgehead atoms. The van der Waals surface area contributed by atoms with E-state index in [9.17, 15) is 9.18 Å². The van der Waals surface area contributed by atoms with Crippen molar-refractivity contribution in [1.82, 2.24) is 0 Å². The van der Waals surface area contributed by atoms with Crippen molar-refractivity contribution in [1.29, 1.82) is 0 Å². The topological polar surface area (TPSA) is 35.5 Å². The molecule has 0 fully saturated rings. The van der Waals surface area contributed by atoms with Gasteiger partial charge in [-0.05, 0) is 60.4 Å². The fourth-order valence-electron chi connectivity index (χ4n) is 3.24. The van der Waals surface area contributed by atoms with Gasteiger partial charge >= 0.3 is 0 Å². The molecular formula is C24H19FO3. The van der Waals surface area contributed by atoms with Gasteiger partial charge in [0.05, 0.1) is 5.56 Å². The lowest BCUT2D eigenvalue weighted by molar-refractivity contribution is 0.101.